The third kappa shape index (κ3) is 1.18. The minimum Gasteiger partial charge on any atom is -0.0795 e. The normalized spacial score (nSPS) is 15.6. The molecule has 0 N–H and O–H groups in total. The highest BCUT2D eigenvalue weighted by Crippen LogP contribution is 2.32. The number of allylic oxidation sites excluding steroid dienone is 2. The zero-order valence-electron chi connectivity index (χ0n) is 10.5. The highest BCUT2D eigenvalue weighted by Gasteiger charge is 2.17. The lowest BCUT2D eigenvalue weighted by Gasteiger charge is -2.06. The van der Waals surface area contributed by atoms with E-state index < -0.39 is 0 Å². The van der Waals surface area contributed by atoms with Crippen LogP contribution in [0.5, 0.6) is 0 Å². The van der Waals surface area contributed by atoms with Crippen LogP contribution in [0, 0.1) is 0 Å². The molecule has 0 aliphatic heterocycles. The third-order valence-electron chi connectivity index (χ3n) is 4.35. The largest absolute Gasteiger partial charge is 0.0795 e. The minimum absolute atomic E-state index is 1.08. The van der Waals surface area contributed by atoms with Gasteiger partial charge in [-0.3, -0.25) is 0 Å². The molecule has 2 aromatic carbocycles. The summed E-state index contributed by atoms with van der Waals surface area (Å²) in [6, 6.07) is 9.35. The molecule has 3 aliphatic carbocycles. The summed E-state index contributed by atoms with van der Waals surface area (Å²) < 4.78 is 0. The van der Waals surface area contributed by atoms with Crippen molar-refractivity contribution >= 4 is 24.3 Å². The SMILES string of the molecule is C1=Cc2cc3c(cc2=C1)-c1cc2c(cc1C=3)CC=C2. The first-order valence-electron chi connectivity index (χ1n) is 6.76. The molecular formula is C19H12. The summed E-state index contributed by atoms with van der Waals surface area (Å²) in [7, 11) is 0. The molecule has 0 saturated heterocycles. The van der Waals surface area contributed by atoms with E-state index in [1.807, 2.05) is 0 Å². The maximum atomic E-state index is 2.36. The second-order valence-corrected chi connectivity index (χ2v) is 5.48. The van der Waals surface area contributed by atoms with Gasteiger partial charge in [0.15, 0.2) is 0 Å². The highest BCUT2D eigenvalue weighted by molar-refractivity contribution is 5.87. The summed E-state index contributed by atoms with van der Waals surface area (Å²) in [6.45, 7) is 0. The van der Waals surface area contributed by atoms with Crippen LogP contribution in [0.15, 0.2) is 36.4 Å². The molecule has 2 aromatic rings. The van der Waals surface area contributed by atoms with Gasteiger partial charge in [0.2, 0.25) is 0 Å². The monoisotopic (exact) mass is 240 g/mol. The fourth-order valence-electron chi connectivity index (χ4n) is 3.39. The molecule has 3 aliphatic rings. The van der Waals surface area contributed by atoms with E-state index in [1.54, 1.807) is 0 Å². The predicted octanol–water partition coefficient (Wildman–Crippen LogP) is 2.87. The zero-order chi connectivity index (χ0) is 12.4. The number of fused-ring (bicyclic) bond motifs is 5. The number of hydrogen-bond acceptors (Lipinski definition) is 0. The second-order valence-electron chi connectivity index (χ2n) is 5.48. The van der Waals surface area contributed by atoms with Crippen molar-refractivity contribution in [1.29, 1.82) is 0 Å². The summed E-state index contributed by atoms with van der Waals surface area (Å²) in [4.78, 5) is 0. The van der Waals surface area contributed by atoms with Crippen LogP contribution < -0.4 is 10.4 Å². The Hall–Kier alpha value is -2.34. The van der Waals surface area contributed by atoms with Crippen LogP contribution in [-0.2, 0) is 6.42 Å². The minimum atomic E-state index is 1.08. The predicted molar refractivity (Wildman–Crippen MR) is 80.9 cm³/mol. The van der Waals surface area contributed by atoms with Crippen molar-refractivity contribution in [2.45, 2.75) is 6.42 Å². The summed E-state index contributed by atoms with van der Waals surface area (Å²) in [5.74, 6) is 0. The van der Waals surface area contributed by atoms with Crippen molar-refractivity contribution < 1.29 is 0 Å². The number of rotatable bonds is 0. The van der Waals surface area contributed by atoms with Gasteiger partial charge < -0.3 is 0 Å². The molecule has 19 heavy (non-hydrogen) atoms. The fraction of sp³-hybridized carbons (Fsp3) is 0.0526. The average molecular weight is 240 g/mol. The van der Waals surface area contributed by atoms with Gasteiger partial charge in [-0.05, 0) is 74.5 Å². The molecule has 0 atom stereocenters. The summed E-state index contributed by atoms with van der Waals surface area (Å²) >= 11 is 0. The molecule has 0 bridgehead atoms. The van der Waals surface area contributed by atoms with Gasteiger partial charge >= 0.3 is 0 Å². The second kappa shape index (κ2) is 3.16. The molecule has 88 valence electrons. The molecular weight excluding hydrogens is 228 g/mol. The van der Waals surface area contributed by atoms with Crippen molar-refractivity contribution in [3.8, 4) is 11.1 Å². The molecule has 0 nitrogen and oxygen atoms in total. The van der Waals surface area contributed by atoms with Crippen LogP contribution in [0.2, 0.25) is 0 Å². The van der Waals surface area contributed by atoms with Gasteiger partial charge in [-0.25, -0.2) is 0 Å². The molecule has 0 heteroatoms. The van der Waals surface area contributed by atoms with Crippen molar-refractivity contribution in [3.05, 3.63) is 69.1 Å². The molecule has 0 spiro atoms. The maximum absolute atomic E-state index is 2.36. The molecule has 0 heterocycles. The summed E-state index contributed by atoms with van der Waals surface area (Å²) in [5.41, 5.74) is 8.35. The third-order valence-corrected chi connectivity index (χ3v) is 4.35. The molecule has 0 saturated carbocycles. The van der Waals surface area contributed by atoms with E-state index in [1.165, 1.54) is 43.8 Å². The molecule has 0 unspecified atom stereocenters. The van der Waals surface area contributed by atoms with E-state index in [2.05, 4.69) is 60.7 Å². The van der Waals surface area contributed by atoms with Crippen molar-refractivity contribution in [3.63, 3.8) is 0 Å². The van der Waals surface area contributed by atoms with Crippen LogP contribution >= 0.6 is 0 Å². The molecule has 0 amide bonds. The van der Waals surface area contributed by atoms with Crippen LogP contribution in [0.25, 0.3) is 35.4 Å². The van der Waals surface area contributed by atoms with Crippen molar-refractivity contribution in [2.24, 2.45) is 0 Å². The van der Waals surface area contributed by atoms with Crippen LogP contribution in [0.1, 0.15) is 22.3 Å². The van der Waals surface area contributed by atoms with Gasteiger partial charge in [0.05, 0.1) is 0 Å². The highest BCUT2D eigenvalue weighted by atomic mass is 14.2. The topological polar surface area (TPSA) is 0 Å². The van der Waals surface area contributed by atoms with Crippen molar-refractivity contribution in [1.82, 2.24) is 0 Å². The first-order chi connectivity index (χ1) is 9.38. The average Bonchev–Trinajstić information content (AvgIpc) is 3.10. The first-order valence-corrected chi connectivity index (χ1v) is 6.76. The Morgan fingerprint density at radius 3 is 2.74 bits per heavy atom. The lowest BCUT2D eigenvalue weighted by atomic mass is 9.98. The Morgan fingerprint density at radius 2 is 1.74 bits per heavy atom. The van der Waals surface area contributed by atoms with Gasteiger partial charge in [0.1, 0.15) is 0 Å². The van der Waals surface area contributed by atoms with Gasteiger partial charge in [0, 0.05) is 0 Å². The van der Waals surface area contributed by atoms with E-state index in [-0.39, 0.29) is 0 Å². The summed E-state index contributed by atoms with van der Waals surface area (Å²) in [6.07, 6.45) is 14.4. The quantitative estimate of drug-likeness (QED) is 0.567. The van der Waals surface area contributed by atoms with Crippen LogP contribution in [0.4, 0.5) is 0 Å². The van der Waals surface area contributed by atoms with Crippen molar-refractivity contribution in [2.75, 3.05) is 0 Å². The molecule has 5 rings (SSSR count). The van der Waals surface area contributed by atoms with E-state index in [0.29, 0.717) is 0 Å². The first kappa shape index (κ1) is 9.57. The van der Waals surface area contributed by atoms with E-state index >= 15 is 0 Å². The Balaban J connectivity index is 1.86. The molecule has 0 fully saturated rings. The van der Waals surface area contributed by atoms with Gasteiger partial charge in [-0.2, -0.15) is 0 Å². The van der Waals surface area contributed by atoms with Crippen LogP contribution in [0.3, 0.4) is 0 Å². The number of benzene rings is 2. The van der Waals surface area contributed by atoms with E-state index in [0.717, 1.165) is 6.42 Å². The van der Waals surface area contributed by atoms with E-state index in [9.17, 15) is 0 Å². The molecule has 0 radical (unpaired) electrons. The smallest absolute Gasteiger partial charge is 0.00880 e. The zero-order valence-corrected chi connectivity index (χ0v) is 10.5. The molecule has 0 aromatic heterocycles. The van der Waals surface area contributed by atoms with Gasteiger partial charge in [0.25, 0.3) is 0 Å². The Labute approximate surface area is 111 Å². The Morgan fingerprint density at radius 1 is 0.737 bits per heavy atom. The number of hydrogen-bond donors (Lipinski definition) is 0. The van der Waals surface area contributed by atoms with Gasteiger partial charge in [-0.15, -0.1) is 0 Å². The summed E-state index contributed by atoms with van der Waals surface area (Å²) in [5, 5.41) is 2.71. The standard InChI is InChI=1S/C19H12/c1-3-12-7-16-9-17-8-13-4-2-6-15(13)11-19(17)18(16)10-14(12)5-1/h1-3,5-11H,4H2. The maximum Gasteiger partial charge on any atom is -0.00880 e. The lowest BCUT2D eigenvalue weighted by molar-refractivity contribution is 1.31. The van der Waals surface area contributed by atoms with Gasteiger partial charge in [-0.1, -0.05) is 36.4 Å². The van der Waals surface area contributed by atoms with Crippen LogP contribution in [-0.4, -0.2) is 0 Å². The Kier molecular flexibility index (Phi) is 1.59. The Bertz CT molecular complexity index is 921. The lowest BCUT2D eigenvalue weighted by Crippen LogP contribution is -2.11. The fourth-order valence-corrected chi connectivity index (χ4v) is 3.39. The van der Waals surface area contributed by atoms with E-state index in [4.69, 9.17) is 0 Å².